The molecule has 0 amide bonds. The summed E-state index contributed by atoms with van der Waals surface area (Å²) < 4.78 is 1.51. The number of allylic oxidation sites excluding steroid dienone is 2. The number of rotatable bonds is 0. The van der Waals surface area contributed by atoms with E-state index in [9.17, 15) is 0 Å². The zero-order valence-corrected chi connectivity index (χ0v) is 6.95. The molecule has 0 N–H and O–H groups in total. The first-order valence-electron chi connectivity index (χ1n) is 1.65. The van der Waals surface area contributed by atoms with Crippen molar-refractivity contribution in [1.82, 2.24) is 0 Å². The topological polar surface area (TPSA) is 0 Å². The van der Waals surface area contributed by atoms with Crippen molar-refractivity contribution in [3.63, 3.8) is 0 Å². The Labute approximate surface area is 46.4 Å². The molecular weight excluding hydrogens is 167 g/mol. The van der Waals surface area contributed by atoms with E-state index in [4.69, 9.17) is 0 Å². The molecule has 0 fully saturated rings. The third-order valence-corrected chi connectivity index (χ3v) is 1.41. The van der Waals surface area contributed by atoms with Crippen LogP contribution in [0.1, 0.15) is 13.8 Å². The van der Waals surface area contributed by atoms with Crippen LogP contribution >= 0.6 is 0 Å². The van der Waals surface area contributed by atoms with Crippen molar-refractivity contribution in [3.8, 4) is 0 Å². The molecule has 0 nitrogen and oxygen atoms in total. The average Bonchev–Trinajstić information content (AvgIpc) is 1.38. The van der Waals surface area contributed by atoms with E-state index < -0.39 is 0 Å². The van der Waals surface area contributed by atoms with Crippen molar-refractivity contribution in [1.29, 1.82) is 0 Å². The van der Waals surface area contributed by atoms with Gasteiger partial charge in [-0.2, -0.15) is 0 Å². The van der Waals surface area contributed by atoms with Crippen molar-refractivity contribution in [2.45, 2.75) is 13.8 Å². The van der Waals surface area contributed by atoms with E-state index in [0.717, 1.165) is 0 Å². The van der Waals surface area contributed by atoms with Gasteiger partial charge in [-0.15, -0.1) is 0 Å². The molecule has 0 saturated heterocycles. The molecule has 0 aromatic rings. The van der Waals surface area contributed by atoms with Gasteiger partial charge in [-0.1, -0.05) is 0 Å². The van der Waals surface area contributed by atoms with Gasteiger partial charge >= 0.3 is 46.0 Å². The van der Waals surface area contributed by atoms with E-state index in [2.05, 4.69) is 19.9 Å². The fraction of sp³-hybridized carbons (Fsp3) is 0.500. The van der Waals surface area contributed by atoms with Gasteiger partial charge in [0, 0.05) is 0 Å². The Morgan fingerprint density at radius 2 is 2.00 bits per heavy atom. The van der Waals surface area contributed by atoms with Crippen LogP contribution in [0.25, 0.3) is 0 Å². The molecule has 0 saturated carbocycles. The number of hydrogen-bond acceptors (Lipinski definition) is 0. The van der Waals surface area contributed by atoms with Crippen LogP contribution in [0.15, 0.2) is 9.67 Å². The molecule has 0 aromatic carbocycles. The zero-order valence-electron chi connectivity index (χ0n) is 3.65. The van der Waals surface area contributed by atoms with Crippen molar-refractivity contribution in [2.24, 2.45) is 0 Å². The van der Waals surface area contributed by atoms with Crippen molar-refractivity contribution >= 4 is 22.5 Å². The average molecular weight is 175 g/mol. The van der Waals surface area contributed by atoms with Crippen LogP contribution in [0.4, 0.5) is 0 Å². The van der Waals surface area contributed by atoms with Crippen LogP contribution in [0.5, 0.6) is 0 Å². The summed E-state index contributed by atoms with van der Waals surface area (Å²) in [5.41, 5.74) is 0. The third-order valence-electron chi connectivity index (χ3n) is 0.455. The van der Waals surface area contributed by atoms with Gasteiger partial charge < -0.3 is 0 Å². The van der Waals surface area contributed by atoms with E-state index in [1.165, 1.54) is 26.1 Å². The minimum absolute atomic E-state index is 1.29. The molecule has 0 spiro atoms. The Morgan fingerprint density at radius 3 is 2.00 bits per heavy atom. The van der Waals surface area contributed by atoms with E-state index in [1.54, 1.807) is 0 Å². The Morgan fingerprint density at radius 1 is 1.80 bits per heavy atom. The molecule has 2 radical (unpaired) electrons. The summed E-state index contributed by atoms with van der Waals surface area (Å²) in [6, 6.07) is 0. The fourth-order valence-corrected chi connectivity index (χ4v) is 0. The molecule has 0 heterocycles. The van der Waals surface area contributed by atoms with Crippen LogP contribution in [-0.4, -0.2) is 22.5 Å². The summed E-state index contributed by atoms with van der Waals surface area (Å²) in [5, 5.41) is 0. The Kier molecular flexibility index (Phi) is 3.06. The zero-order chi connectivity index (χ0) is 4.28. The van der Waals surface area contributed by atoms with Gasteiger partial charge in [0.05, 0.1) is 0 Å². The summed E-state index contributed by atoms with van der Waals surface area (Å²) >= 11 is 1.29. The Bertz CT molecular complexity index is 41.6. The van der Waals surface area contributed by atoms with E-state index >= 15 is 0 Å². The molecule has 0 aliphatic carbocycles. The molecule has 0 aliphatic rings. The van der Waals surface area contributed by atoms with Crippen molar-refractivity contribution < 1.29 is 0 Å². The van der Waals surface area contributed by atoms with Crippen LogP contribution in [0.3, 0.4) is 0 Å². The molecule has 5 heavy (non-hydrogen) atoms. The Hall–Kier alpha value is 0.539. The second kappa shape index (κ2) is 2.76. The predicted octanol–water partition coefficient (Wildman–Crippen LogP) is 0.811. The van der Waals surface area contributed by atoms with Gasteiger partial charge in [-0.3, -0.25) is 0 Å². The fourth-order valence-electron chi connectivity index (χ4n) is 0. The van der Waals surface area contributed by atoms with Crippen LogP contribution < -0.4 is 0 Å². The first-order chi connectivity index (χ1) is 2.27. The van der Waals surface area contributed by atoms with Gasteiger partial charge in [-0.05, 0) is 0 Å². The van der Waals surface area contributed by atoms with Gasteiger partial charge in [-0.25, -0.2) is 0 Å². The Balaban J connectivity index is 3.14. The van der Waals surface area contributed by atoms with Crippen molar-refractivity contribution in [2.75, 3.05) is 0 Å². The molecule has 0 unspecified atom stereocenters. The number of hydrogen-bond donors (Lipinski definition) is 0. The molecule has 0 atom stereocenters. The van der Waals surface area contributed by atoms with E-state index in [-0.39, 0.29) is 0 Å². The summed E-state index contributed by atoms with van der Waals surface area (Å²) in [5.74, 6) is 0. The second-order valence-corrected chi connectivity index (χ2v) is 3.63. The maximum atomic E-state index is 2.14. The molecule has 1 heteroatoms. The first-order valence-corrected chi connectivity index (χ1v) is 3.30. The van der Waals surface area contributed by atoms with Gasteiger partial charge in [0.1, 0.15) is 0 Å². The minimum atomic E-state index is 1.29. The van der Waals surface area contributed by atoms with Gasteiger partial charge in [0.2, 0.25) is 0 Å². The second-order valence-electron chi connectivity index (χ2n) is 1.03. The van der Waals surface area contributed by atoms with Crippen LogP contribution in [-0.2, 0) is 0 Å². The quantitative estimate of drug-likeness (QED) is 0.477. The monoisotopic (exact) mass is 176 g/mol. The van der Waals surface area contributed by atoms with E-state index in [0.29, 0.717) is 0 Å². The predicted molar refractivity (Wildman–Crippen MR) is 26.6 cm³/mol. The molecule has 0 aliphatic heterocycles. The summed E-state index contributed by atoms with van der Waals surface area (Å²) in [7, 11) is 0. The molecule has 28 valence electrons. The molecular formula is C4H8Sn. The SMILES string of the molecule is CC=[C](C)[SnH]. The van der Waals surface area contributed by atoms with Gasteiger partial charge in [0.25, 0.3) is 0 Å². The molecule has 0 aromatic heterocycles. The summed E-state index contributed by atoms with van der Waals surface area (Å²) in [6.07, 6.45) is 2.14. The maximum absolute atomic E-state index is 2.14. The van der Waals surface area contributed by atoms with Crippen LogP contribution in [0.2, 0.25) is 0 Å². The van der Waals surface area contributed by atoms with Crippen molar-refractivity contribution in [3.05, 3.63) is 9.67 Å². The summed E-state index contributed by atoms with van der Waals surface area (Å²) in [4.78, 5) is 0. The molecule has 0 bridgehead atoms. The first kappa shape index (κ1) is 5.54. The van der Waals surface area contributed by atoms with Gasteiger partial charge in [0.15, 0.2) is 0 Å². The summed E-state index contributed by atoms with van der Waals surface area (Å²) in [6.45, 7) is 4.21. The third kappa shape index (κ3) is 4.54. The standard InChI is InChI=1S/C4H7.Sn.H/c1-3-4-2;;/h3H,1-2H3;;. The van der Waals surface area contributed by atoms with Crippen LogP contribution in [0, 0.1) is 0 Å². The van der Waals surface area contributed by atoms with E-state index in [1.807, 2.05) is 0 Å². The normalized spacial score (nSPS) is 12.2. The molecule has 0 rings (SSSR count).